The summed E-state index contributed by atoms with van der Waals surface area (Å²) in [6.07, 6.45) is 3.36. The quantitative estimate of drug-likeness (QED) is 0.794. The van der Waals surface area contributed by atoms with Crippen LogP contribution in [-0.2, 0) is 6.42 Å². The lowest BCUT2D eigenvalue weighted by atomic mass is 10.0. The van der Waals surface area contributed by atoms with Crippen LogP contribution >= 0.6 is 11.8 Å². The smallest absolute Gasteiger partial charge is 0.0664 e. The summed E-state index contributed by atoms with van der Waals surface area (Å²) in [5.41, 5.74) is 7.96. The Morgan fingerprint density at radius 3 is 3.29 bits per heavy atom. The predicted octanol–water partition coefficient (Wildman–Crippen LogP) is 1.52. The van der Waals surface area contributed by atoms with Gasteiger partial charge < -0.3 is 5.73 Å². The lowest BCUT2D eigenvalue weighted by Gasteiger charge is -2.01. The van der Waals surface area contributed by atoms with Gasteiger partial charge in [-0.25, -0.2) is 0 Å². The minimum Gasteiger partial charge on any atom is -0.330 e. The second kappa shape index (κ2) is 4.84. The van der Waals surface area contributed by atoms with Gasteiger partial charge in [0.1, 0.15) is 0 Å². The lowest BCUT2D eigenvalue weighted by molar-refractivity contribution is 0.743. The van der Waals surface area contributed by atoms with Crippen LogP contribution in [0.1, 0.15) is 30.1 Å². The zero-order valence-corrected chi connectivity index (χ0v) is 9.15. The number of nitrogens with one attached hydrogen (secondary N) is 1. The van der Waals surface area contributed by atoms with Crippen molar-refractivity contribution in [3.05, 3.63) is 17.5 Å². The molecular weight excluding hydrogens is 194 g/mol. The molecule has 1 fully saturated rings. The first kappa shape index (κ1) is 10.1. The van der Waals surface area contributed by atoms with Crippen molar-refractivity contribution in [3.63, 3.8) is 0 Å². The molecule has 3 nitrogen and oxygen atoms in total. The Labute approximate surface area is 88.8 Å². The Morgan fingerprint density at radius 2 is 2.57 bits per heavy atom. The van der Waals surface area contributed by atoms with Crippen LogP contribution in [0.3, 0.4) is 0 Å². The summed E-state index contributed by atoms with van der Waals surface area (Å²) in [4.78, 5) is 0. The van der Waals surface area contributed by atoms with Crippen LogP contribution in [0.2, 0.25) is 0 Å². The van der Waals surface area contributed by atoms with E-state index < -0.39 is 0 Å². The van der Waals surface area contributed by atoms with Gasteiger partial charge in [0.05, 0.1) is 5.69 Å². The van der Waals surface area contributed by atoms with Crippen LogP contribution < -0.4 is 5.73 Å². The molecule has 0 aliphatic carbocycles. The zero-order chi connectivity index (χ0) is 9.80. The summed E-state index contributed by atoms with van der Waals surface area (Å²) >= 11 is 2.03. The second-order valence-electron chi connectivity index (χ2n) is 3.77. The van der Waals surface area contributed by atoms with Crippen molar-refractivity contribution in [2.45, 2.75) is 25.2 Å². The van der Waals surface area contributed by atoms with Crippen LogP contribution in [0.15, 0.2) is 6.07 Å². The Kier molecular flexibility index (Phi) is 3.48. The maximum absolute atomic E-state index is 5.47. The van der Waals surface area contributed by atoms with Crippen molar-refractivity contribution < 1.29 is 0 Å². The average molecular weight is 211 g/mol. The fraction of sp³-hybridized carbons (Fsp3) is 0.700. The Hall–Kier alpha value is -0.480. The van der Waals surface area contributed by atoms with Crippen LogP contribution in [0, 0.1) is 0 Å². The Balaban J connectivity index is 1.94. The fourth-order valence-corrected chi connectivity index (χ4v) is 3.02. The fourth-order valence-electron chi connectivity index (χ4n) is 1.78. The highest BCUT2D eigenvalue weighted by Crippen LogP contribution is 2.31. The molecule has 0 amide bonds. The number of hydrogen-bond donors (Lipinski definition) is 2. The molecule has 1 atom stereocenters. The Morgan fingerprint density at radius 1 is 1.64 bits per heavy atom. The van der Waals surface area contributed by atoms with E-state index in [9.17, 15) is 0 Å². The van der Waals surface area contributed by atoms with Gasteiger partial charge in [0.15, 0.2) is 0 Å². The number of H-pyrrole nitrogens is 1. The van der Waals surface area contributed by atoms with Crippen LogP contribution in [-0.4, -0.2) is 28.2 Å². The van der Waals surface area contributed by atoms with Gasteiger partial charge in [-0.15, -0.1) is 0 Å². The molecule has 4 heteroatoms. The monoisotopic (exact) mass is 211 g/mol. The molecule has 0 bridgehead atoms. The van der Waals surface area contributed by atoms with Gasteiger partial charge in [0, 0.05) is 17.4 Å². The largest absolute Gasteiger partial charge is 0.330 e. The molecule has 1 aliphatic heterocycles. The van der Waals surface area contributed by atoms with E-state index in [-0.39, 0.29) is 0 Å². The molecule has 1 unspecified atom stereocenters. The van der Waals surface area contributed by atoms with Crippen LogP contribution in [0.25, 0.3) is 0 Å². The molecule has 14 heavy (non-hydrogen) atoms. The van der Waals surface area contributed by atoms with Crippen molar-refractivity contribution in [1.29, 1.82) is 0 Å². The van der Waals surface area contributed by atoms with Gasteiger partial charge in [-0.05, 0) is 37.6 Å². The number of aromatic nitrogens is 2. The number of rotatable bonds is 4. The summed E-state index contributed by atoms with van der Waals surface area (Å²) in [5, 5.41) is 7.47. The number of hydrogen-bond acceptors (Lipinski definition) is 3. The van der Waals surface area contributed by atoms with E-state index in [4.69, 9.17) is 5.73 Å². The molecule has 1 aromatic rings. The summed E-state index contributed by atoms with van der Waals surface area (Å²) in [5.74, 6) is 3.21. The van der Waals surface area contributed by atoms with Crippen molar-refractivity contribution in [2.75, 3.05) is 18.1 Å². The van der Waals surface area contributed by atoms with Gasteiger partial charge in [-0.2, -0.15) is 16.9 Å². The van der Waals surface area contributed by atoms with Crippen molar-refractivity contribution in [2.24, 2.45) is 5.73 Å². The van der Waals surface area contributed by atoms with E-state index in [1.54, 1.807) is 0 Å². The number of aryl methyl sites for hydroxylation is 1. The third kappa shape index (κ3) is 2.30. The third-order valence-electron chi connectivity index (χ3n) is 2.65. The highest BCUT2D eigenvalue weighted by molar-refractivity contribution is 7.99. The molecule has 0 radical (unpaired) electrons. The van der Waals surface area contributed by atoms with Crippen molar-refractivity contribution in [1.82, 2.24) is 10.2 Å². The SMILES string of the molecule is NCCCc1cc(C2CCSC2)n[nH]1. The van der Waals surface area contributed by atoms with Gasteiger partial charge in [0.25, 0.3) is 0 Å². The molecule has 78 valence electrons. The van der Waals surface area contributed by atoms with E-state index >= 15 is 0 Å². The molecule has 1 saturated heterocycles. The highest BCUT2D eigenvalue weighted by Gasteiger charge is 2.19. The molecule has 1 aliphatic rings. The zero-order valence-electron chi connectivity index (χ0n) is 8.33. The van der Waals surface area contributed by atoms with E-state index in [1.807, 2.05) is 11.8 Å². The summed E-state index contributed by atoms with van der Waals surface area (Å²) in [6, 6.07) is 2.21. The maximum Gasteiger partial charge on any atom is 0.0664 e. The maximum atomic E-state index is 5.47. The molecule has 0 saturated carbocycles. The van der Waals surface area contributed by atoms with E-state index in [0.717, 1.165) is 19.4 Å². The third-order valence-corrected chi connectivity index (χ3v) is 3.81. The molecule has 0 spiro atoms. The molecule has 0 aromatic carbocycles. The first-order valence-electron chi connectivity index (χ1n) is 5.22. The molecule has 2 rings (SSSR count). The van der Waals surface area contributed by atoms with E-state index in [2.05, 4.69) is 16.3 Å². The summed E-state index contributed by atoms with van der Waals surface area (Å²) in [6.45, 7) is 0.758. The van der Waals surface area contributed by atoms with Crippen molar-refractivity contribution >= 4 is 11.8 Å². The first-order chi connectivity index (χ1) is 6.90. The minimum atomic E-state index is 0.683. The normalized spacial score (nSPS) is 21.6. The van der Waals surface area contributed by atoms with Gasteiger partial charge in [-0.3, -0.25) is 5.10 Å². The Bertz CT molecular complexity index is 279. The first-order valence-corrected chi connectivity index (χ1v) is 6.37. The van der Waals surface area contributed by atoms with Gasteiger partial charge in [-0.1, -0.05) is 0 Å². The number of nitrogens with zero attached hydrogens (tertiary/aromatic N) is 1. The molecule has 1 aromatic heterocycles. The summed E-state index contributed by atoms with van der Waals surface area (Å²) in [7, 11) is 0. The second-order valence-corrected chi connectivity index (χ2v) is 4.92. The van der Waals surface area contributed by atoms with Crippen molar-refractivity contribution in [3.8, 4) is 0 Å². The molecule has 2 heterocycles. The predicted molar refractivity (Wildman–Crippen MR) is 60.6 cm³/mol. The van der Waals surface area contributed by atoms with Crippen LogP contribution in [0.5, 0.6) is 0 Å². The van der Waals surface area contributed by atoms with Gasteiger partial charge >= 0.3 is 0 Å². The number of thioether (sulfide) groups is 1. The highest BCUT2D eigenvalue weighted by atomic mass is 32.2. The van der Waals surface area contributed by atoms with Crippen LogP contribution in [0.4, 0.5) is 0 Å². The lowest BCUT2D eigenvalue weighted by Crippen LogP contribution is -2.00. The molecular formula is C10H17N3S. The minimum absolute atomic E-state index is 0.683. The van der Waals surface area contributed by atoms with Gasteiger partial charge in [0.2, 0.25) is 0 Å². The van der Waals surface area contributed by atoms with E-state index in [0.29, 0.717) is 5.92 Å². The average Bonchev–Trinajstić information content (AvgIpc) is 2.85. The summed E-state index contributed by atoms with van der Waals surface area (Å²) < 4.78 is 0. The number of aromatic amines is 1. The number of nitrogens with two attached hydrogens (primary N) is 1. The standard InChI is InChI=1S/C10H17N3S/c11-4-1-2-9-6-10(13-12-9)8-3-5-14-7-8/h6,8H,1-5,7,11H2,(H,12,13). The molecule has 3 N–H and O–H groups in total. The van der Waals surface area contributed by atoms with E-state index in [1.165, 1.54) is 29.3 Å². The topological polar surface area (TPSA) is 54.7 Å².